The second kappa shape index (κ2) is 6.93. The van der Waals surface area contributed by atoms with Gasteiger partial charge in [-0.15, -0.1) is 0 Å². The minimum absolute atomic E-state index is 0.0959. The van der Waals surface area contributed by atoms with Crippen molar-refractivity contribution in [3.05, 3.63) is 54.2 Å². The van der Waals surface area contributed by atoms with Crippen LogP contribution < -0.4 is 15.0 Å². The topological polar surface area (TPSA) is 93.6 Å². The summed E-state index contributed by atoms with van der Waals surface area (Å²) in [5, 5.41) is 9.30. The van der Waals surface area contributed by atoms with Crippen LogP contribution in [0.15, 0.2) is 48.7 Å². The van der Waals surface area contributed by atoms with Gasteiger partial charge in [0, 0.05) is 12.3 Å². The molecule has 0 saturated heterocycles. The first-order valence-corrected chi connectivity index (χ1v) is 7.19. The molecule has 0 unspecified atom stereocenters. The van der Waals surface area contributed by atoms with Crippen LogP contribution in [0, 0.1) is 0 Å². The number of methoxy groups -OCH3 is 1. The fourth-order valence-corrected chi connectivity index (χ4v) is 2.22. The zero-order valence-corrected chi connectivity index (χ0v) is 12.9. The number of hydroxylamine groups is 1. The lowest BCUT2D eigenvalue weighted by molar-refractivity contribution is -0.128. The van der Waals surface area contributed by atoms with Gasteiger partial charge < -0.3 is 9.47 Å². The standard InChI is InChI=1S/C17H15N3O4/c1-23-16-7-6-13-14(8-9-18-17(13)19-16)24-12-4-2-11(3-5-12)10-15(21)20-22/h2-9,22H,10H2,1H3,(H,20,21). The Morgan fingerprint density at radius 3 is 2.67 bits per heavy atom. The maximum absolute atomic E-state index is 11.1. The summed E-state index contributed by atoms with van der Waals surface area (Å²) in [6.45, 7) is 0. The number of fused-ring (bicyclic) bond motifs is 1. The average molecular weight is 325 g/mol. The van der Waals surface area contributed by atoms with Gasteiger partial charge in [-0.2, -0.15) is 4.98 Å². The van der Waals surface area contributed by atoms with E-state index in [0.29, 0.717) is 23.0 Å². The molecule has 7 nitrogen and oxygen atoms in total. The van der Waals surface area contributed by atoms with Crippen LogP contribution in [-0.4, -0.2) is 28.2 Å². The molecule has 2 aromatic heterocycles. The smallest absolute Gasteiger partial charge is 0.247 e. The summed E-state index contributed by atoms with van der Waals surface area (Å²) in [5.41, 5.74) is 2.90. The summed E-state index contributed by atoms with van der Waals surface area (Å²) in [6.07, 6.45) is 1.71. The molecule has 3 aromatic rings. The summed E-state index contributed by atoms with van der Waals surface area (Å²) in [5.74, 6) is 1.25. The van der Waals surface area contributed by atoms with E-state index in [0.717, 1.165) is 10.9 Å². The minimum atomic E-state index is -0.469. The van der Waals surface area contributed by atoms with Gasteiger partial charge in [0.2, 0.25) is 11.8 Å². The van der Waals surface area contributed by atoms with E-state index in [1.807, 2.05) is 6.07 Å². The van der Waals surface area contributed by atoms with Crippen molar-refractivity contribution in [2.75, 3.05) is 7.11 Å². The van der Waals surface area contributed by atoms with Crippen molar-refractivity contribution < 1.29 is 19.5 Å². The number of ether oxygens (including phenoxy) is 2. The van der Waals surface area contributed by atoms with Crippen LogP contribution in [0.25, 0.3) is 11.0 Å². The number of carbonyl (C=O) groups excluding carboxylic acids is 1. The van der Waals surface area contributed by atoms with Crippen molar-refractivity contribution in [2.24, 2.45) is 0 Å². The Morgan fingerprint density at radius 1 is 1.17 bits per heavy atom. The van der Waals surface area contributed by atoms with Crippen LogP contribution in [0.1, 0.15) is 5.56 Å². The Hall–Kier alpha value is -3.19. The van der Waals surface area contributed by atoms with E-state index in [4.69, 9.17) is 14.7 Å². The maximum atomic E-state index is 11.1. The van der Waals surface area contributed by atoms with Gasteiger partial charge in [0.05, 0.1) is 18.9 Å². The van der Waals surface area contributed by atoms with Crippen molar-refractivity contribution in [1.82, 2.24) is 15.4 Å². The summed E-state index contributed by atoms with van der Waals surface area (Å²) in [4.78, 5) is 19.6. The molecule has 3 rings (SSSR count). The molecule has 0 radical (unpaired) electrons. The van der Waals surface area contributed by atoms with Crippen molar-refractivity contribution in [2.45, 2.75) is 6.42 Å². The lowest BCUT2D eigenvalue weighted by Gasteiger charge is -2.09. The molecule has 0 saturated carbocycles. The molecule has 1 aromatic carbocycles. The molecule has 24 heavy (non-hydrogen) atoms. The van der Waals surface area contributed by atoms with Gasteiger partial charge in [-0.3, -0.25) is 10.0 Å². The minimum Gasteiger partial charge on any atom is -0.481 e. The Morgan fingerprint density at radius 2 is 1.96 bits per heavy atom. The quantitative estimate of drug-likeness (QED) is 0.553. The van der Waals surface area contributed by atoms with E-state index in [1.54, 1.807) is 55.2 Å². The second-order valence-electron chi connectivity index (χ2n) is 4.99. The van der Waals surface area contributed by atoms with Gasteiger partial charge in [0.15, 0.2) is 5.65 Å². The SMILES string of the molecule is COc1ccc2c(Oc3ccc(CC(=O)NO)cc3)ccnc2n1. The lowest BCUT2D eigenvalue weighted by atomic mass is 10.1. The number of aromatic nitrogens is 2. The Balaban J connectivity index is 1.83. The van der Waals surface area contributed by atoms with Crippen LogP contribution in [0.5, 0.6) is 17.4 Å². The van der Waals surface area contributed by atoms with Gasteiger partial charge in [0.25, 0.3) is 0 Å². The third-order valence-electron chi connectivity index (χ3n) is 3.39. The molecule has 0 aliphatic carbocycles. The zero-order valence-electron chi connectivity index (χ0n) is 12.9. The van der Waals surface area contributed by atoms with Crippen molar-refractivity contribution in [3.63, 3.8) is 0 Å². The van der Waals surface area contributed by atoms with E-state index in [2.05, 4.69) is 9.97 Å². The summed E-state index contributed by atoms with van der Waals surface area (Å²) in [6, 6.07) is 12.4. The maximum Gasteiger partial charge on any atom is 0.247 e. The van der Waals surface area contributed by atoms with Gasteiger partial charge in [0.1, 0.15) is 11.5 Å². The average Bonchev–Trinajstić information content (AvgIpc) is 2.63. The van der Waals surface area contributed by atoms with Gasteiger partial charge >= 0.3 is 0 Å². The molecular weight excluding hydrogens is 310 g/mol. The highest BCUT2D eigenvalue weighted by molar-refractivity contribution is 5.82. The number of hydrogen-bond donors (Lipinski definition) is 2. The fourth-order valence-electron chi connectivity index (χ4n) is 2.22. The molecular formula is C17H15N3O4. The van der Waals surface area contributed by atoms with Gasteiger partial charge in [-0.1, -0.05) is 12.1 Å². The molecule has 0 bridgehead atoms. The first-order valence-electron chi connectivity index (χ1n) is 7.19. The third kappa shape index (κ3) is 3.41. The second-order valence-corrected chi connectivity index (χ2v) is 4.99. The molecule has 0 fully saturated rings. The number of benzene rings is 1. The number of amides is 1. The molecule has 0 atom stereocenters. The first kappa shape index (κ1) is 15.7. The van der Waals surface area contributed by atoms with E-state index < -0.39 is 5.91 Å². The van der Waals surface area contributed by atoms with Crippen LogP contribution >= 0.6 is 0 Å². The predicted molar refractivity (Wildman–Crippen MR) is 86.2 cm³/mol. The van der Waals surface area contributed by atoms with E-state index in [1.165, 1.54) is 0 Å². The largest absolute Gasteiger partial charge is 0.481 e. The Kier molecular flexibility index (Phi) is 4.53. The molecule has 2 heterocycles. The van der Waals surface area contributed by atoms with Gasteiger partial charge in [-0.05, 0) is 29.8 Å². The predicted octanol–water partition coefficient (Wildman–Crippen LogP) is 2.48. The van der Waals surface area contributed by atoms with Crippen LogP contribution in [0.4, 0.5) is 0 Å². The van der Waals surface area contributed by atoms with Crippen LogP contribution in [-0.2, 0) is 11.2 Å². The van der Waals surface area contributed by atoms with Gasteiger partial charge in [-0.25, -0.2) is 10.5 Å². The number of pyridine rings is 2. The normalized spacial score (nSPS) is 10.4. The van der Waals surface area contributed by atoms with Crippen LogP contribution in [0.2, 0.25) is 0 Å². The van der Waals surface area contributed by atoms with E-state index >= 15 is 0 Å². The lowest BCUT2D eigenvalue weighted by Crippen LogP contribution is -2.20. The molecule has 7 heteroatoms. The Bertz CT molecular complexity index is 865. The number of rotatable bonds is 5. The molecule has 122 valence electrons. The van der Waals surface area contributed by atoms with Crippen molar-refractivity contribution in [3.8, 4) is 17.4 Å². The number of nitrogens with zero attached hydrogens (tertiary/aromatic N) is 2. The van der Waals surface area contributed by atoms with Crippen molar-refractivity contribution in [1.29, 1.82) is 0 Å². The first-order chi connectivity index (χ1) is 11.7. The zero-order chi connectivity index (χ0) is 16.9. The molecule has 0 aliphatic heterocycles. The van der Waals surface area contributed by atoms with E-state index in [9.17, 15) is 4.79 Å². The number of hydrogen-bond acceptors (Lipinski definition) is 6. The number of nitrogens with one attached hydrogen (secondary N) is 1. The summed E-state index contributed by atoms with van der Waals surface area (Å²) in [7, 11) is 1.55. The Labute approximate surface area is 137 Å². The highest BCUT2D eigenvalue weighted by Gasteiger charge is 2.08. The molecule has 0 aliphatic rings. The highest BCUT2D eigenvalue weighted by atomic mass is 16.5. The molecule has 1 amide bonds. The fraction of sp³-hybridized carbons (Fsp3) is 0.118. The highest BCUT2D eigenvalue weighted by Crippen LogP contribution is 2.29. The monoisotopic (exact) mass is 325 g/mol. The third-order valence-corrected chi connectivity index (χ3v) is 3.39. The van der Waals surface area contributed by atoms with Crippen molar-refractivity contribution >= 4 is 16.9 Å². The van der Waals surface area contributed by atoms with E-state index in [-0.39, 0.29) is 6.42 Å². The molecule has 2 N–H and O–H groups in total. The number of carbonyl (C=O) groups is 1. The van der Waals surface area contributed by atoms with Crippen LogP contribution in [0.3, 0.4) is 0 Å². The summed E-state index contributed by atoms with van der Waals surface area (Å²) >= 11 is 0. The molecule has 0 spiro atoms. The summed E-state index contributed by atoms with van der Waals surface area (Å²) < 4.78 is 11.0.